The van der Waals surface area contributed by atoms with Gasteiger partial charge in [0.05, 0.1) is 0 Å². The van der Waals surface area contributed by atoms with Crippen LogP contribution < -0.4 is 0 Å². The van der Waals surface area contributed by atoms with Crippen LogP contribution in [0.1, 0.15) is 56.9 Å². The molecule has 0 aromatic heterocycles. The van der Waals surface area contributed by atoms with E-state index >= 15 is 0 Å². The standard InChI is InChI=1S/C20H22O3/c21-18-14-19(22)23-20(15-18,17-11-4-5-12-17)13-7-6-10-16-8-2-1-3-9-16/h1-3,8-9,17H,4-5,7,11-15H2. The third-order valence-electron chi connectivity index (χ3n) is 4.93. The zero-order valence-corrected chi connectivity index (χ0v) is 13.3. The van der Waals surface area contributed by atoms with Gasteiger partial charge in [-0.3, -0.25) is 9.59 Å². The number of ketones is 1. The Morgan fingerprint density at radius 1 is 1.13 bits per heavy atom. The van der Waals surface area contributed by atoms with Crippen LogP contribution in [0, 0.1) is 17.8 Å². The molecule has 1 aliphatic heterocycles. The Balaban J connectivity index is 1.70. The summed E-state index contributed by atoms with van der Waals surface area (Å²) in [4.78, 5) is 23.8. The highest BCUT2D eigenvalue weighted by Crippen LogP contribution is 2.43. The molecule has 1 saturated carbocycles. The van der Waals surface area contributed by atoms with Crippen LogP contribution in [0.4, 0.5) is 0 Å². The van der Waals surface area contributed by atoms with Crippen molar-refractivity contribution in [2.24, 2.45) is 5.92 Å². The van der Waals surface area contributed by atoms with E-state index in [4.69, 9.17) is 4.74 Å². The molecule has 1 unspecified atom stereocenters. The van der Waals surface area contributed by atoms with Gasteiger partial charge in [-0.15, -0.1) is 0 Å². The molecule has 0 amide bonds. The van der Waals surface area contributed by atoms with Gasteiger partial charge in [0.25, 0.3) is 0 Å². The second-order valence-corrected chi connectivity index (χ2v) is 6.58. The maximum Gasteiger partial charge on any atom is 0.313 e. The van der Waals surface area contributed by atoms with Crippen LogP contribution in [0.3, 0.4) is 0 Å². The molecule has 1 atom stereocenters. The van der Waals surface area contributed by atoms with Crippen molar-refractivity contribution in [1.82, 2.24) is 0 Å². The molecule has 1 aliphatic carbocycles. The summed E-state index contributed by atoms with van der Waals surface area (Å²) in [6.07, 6.45) is 6.03. The minimum Gasteiger partial charge on any atom is -0.458 e. The van der Waals surface area contributed by atoms with Crippen molar-refractivity contribution >= 4 is 11.8 Å². The Bertz CT molecular complexity index is 614. The average Bonchev–Trinajstić information content (AvgIpc) is 3.07. The largest absolute Gasteiger partial charge is 0.458 e. The van der Waals surface area contributed by atoms with Crippen LogP contribution in [0.2, 0.25) is 0 Å². The van der Waals surface area contributed by atoms with E-state index in [2.05, 4.69) is 11.8 Å². The third-order valence-corrected chi connectivity index (χ3v) is 4.93. The van der Waals surface area contributed by atoms with Crippen LogP contribution >= 0.6 is 0 Å². The summed E-state index contributed by atoms with van der Waals surface area (Å²) in [5.41, 5.74) is 0.382. The van der Waals surface area contributed by atoms with E-state index in [1.165, 1.54) is 0 Å². The molecule has 1 aromatic rings. The fraction of sp³-hybridized carbons (Fsp3) is 0.500. The van der Waals surface area contributed by atoms with Gasteiger partial charge in [-0.2, -0.15) is 0 Å². The summed E-state index contributed by atoms with van der Waals surface area (Å²) in [6, 6.07) is 9.85. The lowest BCUT2D eigenvalue weighted by Gasteiger charge is -2.40. The van der Waals surface area contributed by atoms with E-state index in [0.29, 0.717) is 25.2 Å². The molecule has 120 valence electrons. The zero-order valence-electron chi connectivity index (χ0n) is 13.3. The second kappa shape index (κ2) is 7.00. The first-order valence-corrected chi connectivity index (χ1v) is 8.45. The monoisotopic (exact) mass is 310 g/mol. The van der Waals surface area contributed by atoms with Gasteiger partial charge < -0.3 is 4.74 Å². The minimum absolute atomic E-state index is 0.0177. The molecular weight excluding hydrogens is 288 g/mol. The van der Waals surface area contributed by atoms with E-state index in [9.17, 15) is 9.59 Å². The number of hydrogen-bond acceptors (Lipinski definition) is 3. The number of carbonyl (C=O) groups is 2. The molecule has 23 heavy (non-hydrogen) atoms. The van der Waals surface area contributed by atoms with Gasteiger partial charge in [-0.25, -0.2) is 0 Å². The minimum atomic E-state index is -0.603. The van der Waals surface area contributed by atoms with E-state index in [-0.39, 0.29) is 18.2 Å². The third kappa shape index (κ3) is 3.82. The van der Waals surface area contributed by atoms with Crippen LogP contribution in [0.5, 0.6) is 0 Å². The molecule has 0 spiro atoms. The number of carbonyl (C=O) groups excluding carboxylic acids is 2. The Morgan fingerprint density at radius 2 is 1.87 bits per heavy atom. The van der Waals surface area contributed by atoms with Crippen molar-refractivity contribution < 1.29 is 14.3 Å². The summed E-state index contributed by atoms with van der Waals surface area (Å²) in [6.45, 7) is 0. The van der Waals surface area contributed by atoms with Gasteiger partial charge in [0.1, 0.15) is 17.8 Å². The molecule has 3 nitrogen and oxygen atoms in total. The Morgan fingerprint density at radius 3 is 2.57 bits per heavy atom. The number of Topliss-reactive ketones (excluding diaryl/α,β-unsaturated/α-hetero) is 1. The molecule has 3 heteroatoms. The van der Waals surface area contributed by atoms with E-state index < -0.39 is 5.60 Å². The fourth-order valence-corrected chi connectivity index (χ4v) is 3.84. The SMILES string of the molecule is O=C1CC(=O)OC(CCC#Cc2ccccc2)(C2CCCC2)C1. The van der Waals surface area contributed by atoms with Gasteiger partial charge in [-0.05, 0) is 37.3 Å². The van der Waals surface area contributed by atoms with Gasteiger partial charge in [0, 0.05) is 18.4 Å². The molecule has 2 aliphatic rings. The van der Waals surface area contributed by atoms with E-state index in [1.807, 2.05) is 30.3 Å². The predicted molar refractivity (Wildman–Crippen MR) is 87.6 cm³/mol. The second-order valence-electron chi connectivity index (χ2n) is 6.58. The van der Waals surface area contributed by atoms with Crippen molar-refractivity contribution in [1.29, 1.82) is 0 Å². The van der Waals surface area contributed by atoms with E-state index in [0.717, 1.165) is 31.2 Å². The fourth-order valence-electron chi connectivity index (χ4n) is 3.84. The number of cyclic esters (lactones) is 1. The highest BCUT2D eigenvalue weighted by atomic mass is 16.6. The van der Waals surface area contributed by atoms with Crippen LogP contribution in [-0.4, -0.2) is 17.4 Å². The molecule has 1 heterocycles. The van der Waals surface area contributed by atoms with Gasteiger partial charge in [0.15, 0.2) is 0 Å². The molecule has 3 rings (SSSR count). The highest BCUT2D eigenvalue weighted by molar-refractivity contribution is 5.98. The number of benzene rings is 1. The number of rotatable bonds is 3. The van der Waals surface area contributed by atoms with Crippen molar-refractivity contribution in [2.75, 3.05) is 0 Å². The summed E-state index contributed by atoms with van der Waals surface area (Å²) >= 11 is 0. The number of hydrogen-bond donors (Lipinski definition) is 0. The first-order chi connectivity index (χ1) is 11.2. The smallest absolute Gasteiger partial charge is 0.313 e. The molecule has 0 bridgehead atoms. The van der Waals surface area contributed by atoms with Crippen molar-refractivity contribution in [3.8, 4) is 11.8 Å². The Kier molecular flexibility index (Phi) is 4.81. The average molecular weight is 310 g/mol. The summed E-state index contributed by atoms with van der Waals surface area (Å²) in [5.74, 6) is 6.29. The lowest BCUT2D eigenvalue weighted by atomic mass is 9.76. The van der Waals surface area contributed by atoms with Crippen molar-refractivity contribution in [3.63, 3.8) is 0 Å². The van der Waals surface area contributed by atoms with Crippen LogP contribution in [-0.2, 0) is 14.3 Å². The van der Waals surface area contributed by atoms with Crippen LogP contribution in [0.15, 0.2) is 30.3 Å². The summed E-state index contributed by atoms with van der Waals surface area (Å²) in [7, 11) is 0. The van der Waals surface area contributed by atoms with Crippen LogP contribution in [0.25, 0.3) is 0 Å². The normalized spacial score (nSPS) is 24.9. The Labute approximate surface area is 137 Å². The molecule has 1 aromatic carbocycles. The number of esters is 1. The first kappa shape index (κ1) is 15.8. The topological polar surface area (TPSA) is 43.4 Å². The highest BCUT2D eigenvalue weighted by Gasteiger charge is 2.47. The molecule has 0 radical (unpaired) electrons. The molecule has 1 saturated heterocycles. The molecular formula is C20H22O3. The van der Waals surface area contributed by atoms with Gasteiger partial charge in [0.2, 0.25) is 0 Å². The maximum absolute atomic E-state index is 12.0. The predicted octanol–water partition coefficient (Wildman–Crippen LogP) is 3.65. The quantitative estimate of drug-likeness (QED) is 0.486. The lowest BCUT2D eigenvalue weighted by Crippen LogP contribution is -2.47. The lowest BCUT2D eigenvalue weighted by molar-refractivity contribution is -0.178. The maximum atomic E-state index is 12.0. The molecule has 0 N–H and O–H groups in total. The van der Waals surface area contributed by atoms with Gasteiger partial charge in [-0.1, -0.05) is 42.9 Å². The Hall–Kier alpha value is -2.08. The molecule has 2 fully saturated rings. The zero-order chi connectivity index (χ0) is 16.1. The first-order valence-electron chi connectivity index (χ1n) is 8.45. The van der Waals surface area contributed by atoms with Crippen molar-refractivity contribution in [3.05, 3.63) is 35.9 Å². The number of ether oxygens (including phenoxy) is 1. The summed E-state index contributed by atoms with van der Waals surface area (Å²) in [5, 5.41) is 0. The summed E-state index contributed by atoms with van der Waals surface area (Å²) < 4.78 is 5.75. The van der Waals surface area contributed by atoms with Gasteiger partial charge >= 0.3 is 5.97 Å². The van der Waals surface area contributed by atoms with Crippen molar-refractivity contribution in [2.45, 2.75) is 57.0 Å². The van der Waals surface area contributed by atoms with E-state index in [1.54, 1.807) is 0 Å².